The van der Waals surface area contributed by atoms with Crippen LogP contribution in [-0.2, 0) is 26.3 Å². The first-order valence-electron chi connectivity index (χ1n) is 16.2. The Balaban J connectivity index is 1.21. The van der Waals surface area contributed by atoms with E-state index in [0.717, 1.165) is 27.7 Å². The molecule has 3 aromatic carbocycles. The molecular weight excluding hydrogens is 590 g/mol. The van der Waals surface area contributed by atoms with E-state index in [4.69, 9.17) is 5.10 Å². The Morgan fingerprint density at radius 3 is 2.19 bits per heavy atom. The minimum Gasteiger partial charge on any atom is -0.352 e. The predicted molar refractivity (Wildman–Crippen MR) is 184 cm³/mol. The van der Waals surface area contributed by atoms with E-state index in [2.05, 4.69) is 36.7 Å². The fourth-order valence-electron chi connectivity index (χ4n) is 7.73. The Bertz CT molecular complexity index is 1890. The van der Waals surface area contributed by atoms with Crippen LogP contribution in [0.25, 0.3) is 16.5 Å². The van der Waals surface area contributed by atoms with Crippen molar-refractivity contribution in [2.75, 3.05) is 10.6 Å². The first kappa shape index (κ1) is 32.2. The number of hydrogen-bond donors (Lipinski definition) is 3. The van der Waals surface area contributed by atoms with Gasteiger partial charge in [0.1, 0.15) is 17.4 Å². The molecule has 1 heterocycles. The van der Waals surface area contributed by atoms with Crippen LogP contribution in [-0.4, -0.2) is 33.3 Å². The van der Waals surface area contributed by atoms with Gasteiger partial charge in [-0.1, -0.05) is 90.1 Å². The minimum absolute atomic E-state index is 0.0382. The van der Waals surface area contributed by atoms with E-state index >= 15 is 0 Å². The van der Waals surface area contributed by atoms with Gasteiger partial charge in [0.05, 0.1) is 23.5 Å². The number of hydrogen-bond acceptors (Lipinski definition) is 5. The van der Waals surface area contributed by atoms with Crippen molar-refractivity contribution in [2.45, 2.75) is 79.2 Å². The molecule has 2 atom stereocenters. The zero-order valence-corrected chi connectivity index (χ0v) is 28.0. The second kappa shape index (κ2) is 11.5. The van der Waals surface area contributed by atoms with E-state index in [-0.39, 0.29) is 35.9 Å². The monoisotopic (exact) mass is 633 g/mol. The third-order valence-corrected chi connectivity index (χ3v) is 9.92. The molecule has 9 heteroatoms. The lowest BCUT2D eigenvalue weighted by Crippen LogP contribution is -2.57. The summed E-state index contributed by atoms with van der Waals surface area (Å²) < 4.78 is 1.71. The van der Waals surface area contributed by atoms with Gasteiger partial charge in [-0.15, -0.1) is 0 Å². The van der Waals surface area contributed by atoms with Crippen LogP contribution < -0.4 is 16.0 Å². The average Bonchev–Trinajstić information content (AvgIpc) is 3.43. The number of amides is 3. The third kappa shape index (κ3) is 6.19. The van der Waals surface area contributed by atoms with E-state index in [1.165, 1.54) is 0 Å². The number of fused-ring (bicyclic) bond motifs is 3. The highest BCUT2D eigenvalue weighted by molar-refractivity contribution is 6.08. The lowest BCUT2D eigenvalue weighted by Gasteiger charge is -2.53. The number of anilines is 2. The summed E-state index contributed by atoms with van der Waals surface area (Å²) in [6, 6.07) is 22.8. The van der Waals surface area contributed by atoms with Crippen molar-refractivity contribution in [2.24, 2.45) is 16.2 Å². The molecular formula is C38H43N5O4. The maximum absolute atomic E-state index is 13.7. The van der Waals surface area contributed by atoms with Gasteiger partial charge >= 0.3 is 6.03 Å². The van der Waals surface area contributed by atoms with Crippen LogP contribution in [0.5, 0.6) is 0 Å². The lowest BCUT2D eigenvalue weighted by molar-refractivity contribution is -0.160. The van der Waals surface area contributed by atoms with E-state index in [9.17, 15) is 19.2 Å². The molecule has 9 nitrogen and oxygen atoms in total. The summed E-state index contributed by atoms with van der Waals surface area (Å²) in [4.78, 5) is 52.7. The SMILES string of the molecule is CC12CC(C)(CC(C)(C(=O)NCc3cccc(-n4nc(C(C)(C)C)cc4NC(=O)Nc4cccc5ccccc45)c3)C1)C(=O)CC2=O. The quantitative estimate of drug-likeness (QED) is 0.192. The molecule has 0 radical (unpaired) electrons. The molecule has 2 aliphatic rings. The second-order valence-corrected chi connectivity index (χ2v) is 15.3. The number of nitrogens with zero attached hydrogens (tertiary/aromatic N) is 2. The maximum atomic E-state index is 13.7. The maximum Gasteiger partial charge on any atom is 0.324 e. The first-order chi connectivity index (χ1) is 22.1. The van der Waals surface area contributed by atoms with Crippen LogP contribution in [0.4, 0.5) is 16.3 Å². The molecule has 6 rings (SSSR count). The molecule has 4 aromatic rings. The van der Waals surface area contributed by atoms with E-state index < -0.39 is 22.3 Å². The van der Waals surface area contributed by atoms with Gasteiger partial charge in [-0.3, -0.25) is 19.7 Å². The molecule has 244 valence electrons. The summed E-state index contributed by atoms with van der Waals surface area (Å²) in [5.41, 5.74) is 0.599. The number of nitrogens with one attached hydrogen (secondary N) is 3. The summed E-state index contributed by atoms with van der Waals surface area (Å²) in [5.74, 6) is 0.223. The van der Waals surface area contributed by atoms with Crippen LogP contribution in [0, 0.1) is 16.2 Å². The lowest BCUT2D eigenvalue weighted by atomic mass is 9.48. The van der Waals surface area contributed by atoms with Crippen molar-refractivity contribution in [1.29, 1.82) is 0 Å². The fourth-order valence-corrected chi connectivity index (χ4v) is 7.73. The normalized spacial score (nSPS) is 24.2. The first-order valence-corrected chi connectivity index (χ1v) is 16.2. The van der Waals surface area contributed by atoms with Crippen molar-refractivity contribution in [3.05, 3.63) is 84.1 Å². The molecule has 0 saturated heterocycles. The smallest absolute Gasteiger partial charge is 0.324 e. The highest BCUT2D eigenvalue weighted by atomic mass is 16.2. The second-order valence-electron chi connectivity index (χ2n) is 15.3. The number of benzene rings is 3. The molecule has 2 fully saturated rings. The molecule has 2 aliphatic carbocycles. The highest BCUT2D eigenvalue weighted by Crippen LogP contribution is 2.58. The zero-order chi connectivity index (χ0) is 33.8. The molecule has 1 aromatic heterocycles. The largest absolute Gasteiger partial charge is 0.352 e. The summed E-state index contributed by atoms with van der Waals surface area (Å²) >= 11 is 0. The van der Waals surface area contributed by atoms with E-state index in [1.54, 1.807) is 4.68 Å². The van der Waals surface area contributed by atoms with Crippen molar-refractivity contribution < 1.29 is 19.2 Å². The number of carbonyl (C=O) groups excluding carboxylic acids is 4. The number of Topliss-reactive ketones (excluding diaryl/α,β-unsaturated/α-hetero) is 2. The van der Waals surface area contributed by atoms with Gasteiger partial charge in [-0.25, -0.2) is 9.48 Å². The molecule has 2 saturated carbocycles. The summed E-state index contributed by atoms with van der Waals surface area (Å²) in [6.45, 7) is 12.1. The molecule has 0 spiro atoms. The van der Waals surface area contributed by atoms with Crippen LogP contribution >= 0.6 is 0 Å². The van der Waals surface area contributed by atoms with Gasteiger partial charge in [0.2, 0.25) is 5.91 Å². The Hall–Kier alpha value is -4.79. The van der Waals surface area contributed by atoms with Crippen molar-refractivity contribution >= 4 is 45.8 Å². The number of aromatic nitrogens is 2. The zero-order valence-electron chi connectivity index (χ0n) is 28.0. The van der Waals surface area contributed by atoms with E-state index in [1.807, 2.05) is 93.6 Å². The highest BCUT2D eigenvalue weighted by Gasteiger charge is 2.60. The standard InChI is InChI=1S/C38H43N5O4/c1-35(2,3)29-18-32(41-34(47)40-28-16-10-13-25-12-7-8-15-27(25)28)43(42-29)26-14-9-11-24(17-26)20-39-33(46)38(6)22-36(4)21-37(5,23-38)31(45)19-30(36)44/h7-18H,19-23H2,1-6H3,(H,39,46)(H2,40,41,47). The van der Waals surface area contributed by atoms with Gasteiger partial charge in [0.25, 0.3) is 0 Å². The van der Waals surface area contributed by atoms with E-state index in [0.29, 0.717) is 30.8 Å². The molecule has 2 bridgehead atoms. The Labute approximate surface area is 275 Å². The van der Waals surface area contributed by atoms with Gasteiger partial charge in [0.15, 0.2) is 0 Å². The van der Waals surface area contributed by atoms with Crippen LogP contribution in [0.3, 0.4) is 0 Å². The summed E-state index contributed by atoms with van der Waals surface area (Å²) in [7, 11) is 0. The van der Waals surface area contributed by atoms with Crippen LogP contribution in [0.2, 0.25) is 0 Å². The molecule has 3 amide bonds. The molecule has 47 heavy (non-hydrogen) atoms. The van der Waals surface area contributed by atoms with Crippen molar-refractivity contribution in [1.82, 2.24) is 15.1 Å². The Morgan fingerprint density at radius 2 is 1.49 bits per heavy atom. The van der Waals surface area contributed by atoms with Crippen LogP contribution in [0.1, 0.15) is 78.5 Å². The Morgan fingerprint density at radius 1 is 0.830 bits per heavy atom. The molecule has 3 N–H and O–H groups in total. The topological polar surface area (TPSA) is 122 Å². The number of ketones is 2. The van der Waals surface area contributed by atoms with Gasteiger partial charge in [-0.05, 0) is 48.4 Å². The van der Waals surface area contributed by atoms with Crippen LogP contribution in [0.15, 0.2) is 72.8 Å². The van der Waals surface area contributed by atoms with Gasteiger partial charge < -0.3 is 10.6 Å². The molecule has 0 aliphatic heterocycles. The fraction of sp³-hybridized carbons (Fsp3) is 0.395. The summed E-state index contributed by atoms with van der Waals surface area (Å²) in [5, 5.41) is 15.9. The third-order valence-electron chi connectivity index (χ3n) is 9.92. The number of carbonyl (C=O) groups is 4. The predicted octanol–water partition coefficient (Wildman–Crippen LogP) is 7.33. The van der Waals surface area contributed by atoms with Crippen molar-refractivity contribution in [3.8, 4) is 5.69 Å². The van der Waals surface area contributed by atoms with Crippen molar-refractivity contribution in [3.63, 3.8) is 0 Å². The summed E-state index contributed by atoms with van der Waals surface area (Å²) in [6.07, 6.45) is 1.31. The minimum atomic E-state index is -0.844. The average molecular weight is 634 g/mol. The number of rotatable bonds is 6. The Kier molecular flexibility index (Phi) is 7.85. The van der Waals surface area contributed by atoms with Gasteiger partial charge in [-0.2, -0.15) is 5.10 Å². The number of urea groups is 1. The molecule has 2 unspecified atom stereocenters. The van der Waals surface area contributed by atoms with Gasteiger partial charge in [0, 0.05) is 39.7 Å².